The third-order valence-electron chi connectivity index (χ3n) is 4.49. The molecule has 1 atom stereocenters. The Morgan fingerprint density at radius 1 is 1.30 bits per heavy atom. The van der Waals surface area contributed by atoms with Crippen LogP contribution in [-0.2, 0) is 0 Å². The molecule has 2 aliphatic rings. The molecule has 0 unspecified atom stereocenters. The zero-order chi connectivity index (χ0) is 13.9. The molecule has 2 saturated carbocycles. The fourth-order valence-electron chi connectivity index (χ4n) is 3.03. The fourth-order valence-corrected chi connectivity index (χ4v) is 3.03. The van der Waals surface area contributed by atoms with E-state index >= 15 is 0 Å². The quantitative estimate of drug-likeness (QED) is 0.886. The summed E-state index contributed by atoms with van der Waals surface area (Å²) in [5, 5.41) is 10.3. The van der Waals surface area contributed by atoms with Crippen molar-refractivity contribution in [1.82, 2.24) is 15.1 Å². The zero-order valence-corrected chi connectivity index (χ0v) is 12.1. The first kappa shape index (κ1) is 13.5. The highest BCUT2D eigenvalue weighted by Gasteiger charge is 2.29. The SMILES string of the molecule is C[C@H](NC(=O)Nc1ccn(C2CCCCC2)n1)C1CC1. The lowest BCUT2D eigenvalue weighted by molar-refractivity contribution is 0.248. The van der Waals surface area contributed by atoms with Crippen LogP contribution < -0.4 is 10.6 Å². The number of nitrogens with one attached hydrogen (secondary N) is 2. The Balaban J connectivity index is 1.52. The molecule has 110 valence electrons. The summed E-state index contributed by atoms with van der Waals surface area (Å²) in [6.45, 7) is 2.07. The second-order valence-corrected chi connectivity index (χ2v) is 6.20. The molecule has 1 heterocycles. The maximum atomic E-state index is 11.9. The lowest BCUT2D eigenvalue weighted by Crippen LogP contribution is -2.37. The molecule has 20 heavy (non-hydrogen) atoms. The van der Waals surface area contributed by atoms with E-state index in [-0.39, 0.29) is 12.1 Å². The van der Waals surface area contributed by atoms with Crippen LogP contribution in [0.15, 0.2) is 12.3 Å². The van der Waals surface area contributed by atoms with Gasteiger partial charge >= 0.3 is 6.03 Å². The van der Waals surface area contributed by atoms with Crippen molar-refractivity contribution in [1.29, 1.82) is 0 Å². The molecular weight excluding hydrogens is 252 g/mol. The number of hydrogen-bond donors (Lipinski definition) is 2. The van der Waals surface area contributed by atoms with Gasteiger partial charge in [0.15, 0.2) is 5.82 Å². The number of amides is 2. The first-order valence-electron chi connectivity index (χ1n) is 7.85. The van der Waals surface area contributed by atoms with Gasteiger partial charge in [-0.1, -0.05) is 19.3 Å². The lowest BCUT2D eigenvalue weighted by atomic mass is 9.96. The topological polar surface area (TPSA) is 59.0 Å². The van der Waals surface area contributed by atoms with Gasteiger partial charge < -0.3 is 5.32 Å². The minimum atomic E-state index is -0.140. The van der Waals surface area contributed by atoms with E-state index in [1.165, 1.54) is 44.9 Å². The van der Waals surface area contributed by atoms with Gasteiger partial charge in [-0.25, -0.2) is 4.79 Å². The van der Waals surface area contributed by atoms with Crippen molar-refractivity contribution in [2.24, 2.45) is 5.92 Å². The van der Waals surface area contributed by atoms with Gasteiger partial charge in [-0.05, 0) is 38.5 Å². The molecule has 2 fully saturated rings. The Kier molecular flexibility index (Phi) is 3.94. The summed E-state index contributed by atoms with van der Waals surface area (Å²) in [5.74, 6) is 1.32. The van der Waals surface area contributed by atoms with Crippen molar-refractivity contribution in [3.63, 3.8) is 0 Å². The number of carbonyl (C=O) groups is 1. The van der Waals surface area contributed by atoms with Crippen LogP contribution in [0.1, 0.15) is 57.9 Å². The Morgan fingerprint density at radius 2 is 2.05 bits per heavy atom. The van der Waals surface area contributed by atoms with Crippen LogP contribution in [0.5, 0.6) is 0 Å². The van der Waals surface area contributed by atoms with Crippen LogP contribution in [0.25, 0.3) is 0 Å². The van der Waals surface area contributed by atoms with E-state index in [1.807, 2.05) is 16.9 Å². The highest BCUT2D eigenvalue weighted by atomic mass is 16.2. The molecule has 0 bridgehead atoms. The van der Waals surface area contributed by atoms with E-state index in [1.54, 1.807) is 0 Å². The van der Waals surface area contributed by atoms with E-state index < -0.39 is 0 Å². The van der Waals surface area contributed by atoms with E-state index in [9.17, 15) is 4.79 Å². The summed E-state index contributed by atoms with van der Waals surface area (Å²) < 4.78 is 2.01. The molecule has 0 aliphatic heterocycles. The molecule has 3 rings (SSSR count). The molecule has 2 N–H and O–H groups in total. The smallest absolute Gasteiger partial charge is 0.320 e. The summed E-state index contributed by atoms with van der Waals surface area (Å²) in [7, 11) is 0. The standard InChI is InChI=1S/C15H24N4O/c1-11(12-7-8-12)16-15(20)17-14-9-10-19(18-14)13-5-3-2-4-6-13/h9-13H,2-8H2,1H3,(H2,16,17,18,20)/t11-/m0/s1. The average molecular weight is 276 g/mol. The van der Waals surface area contributed by atoms with Crippen molar-refractivity contribution in [2.45, 2.75) is 64.0 Å². The zero-order valence-electron chi connectivity index (χ0n) is 12.1. The second-order valence-electron chi connectivity index (χ2n) is 6.20. The summed E-state index contributed by atoms with van der Waals surface area (Å²) in [4.78, 5) is 11.9. The van der Waals surface area contributed by atoms with Gasteiger partial charge in [-0.15, -0.1) is 0 Å². The van der Waals surface area contributed by atoms with Gasteiger partial charge in [0.05, 0.1) is 6.04 Å². The molecule has 0 saturated heterocycles. The number of rotatable bonds is 4. The molecule has 5 nitrogen and oxygen atoms in total. The Morgan fingerprint density at radius 3 is 2.75 bits per heavy atom. The predicted octanol–water partition coefficient (Wildman–Crippen LogP) is 3.31. The minimum Gasteiger partial charge on any atom is -0.335 e. The molecule has 2 amide bonds. The number of anilines is 1. The molecule has 1 aromatic rings. The molecule has 1 aromatic heterocycles. The average Bonchev–Trinajstić information content (AvgIpc) is 3.21. The van der Waals surface area contributed by atoms with Crippen molar-refractivity contribution < 1.29 is 4.79 Å². The lowest BCUT2D eigenvalue weighted by Gasteiger charge is -2.21. The summed E-state index contributed by atoms with van der Waals surface area (Å²) in [5.41, 5.74) is 0. The monoisotopic (exact) mass is 276 g/mol. The van der Waals surface area contributed by atoms with Crippen LogP contribution in [0.4, 0.5) is 10.6 Å². The van der Waals surface area contributed by atoms with Gasteiger partial charge in [0.25, 0.3) is 0 Å². The van der Waals surface area contributed by atoms with Gasteiger partial charge in [0.1, 0.15) is 0 Å². The molecular formula is C15H24N4O. The summed E-state index contributed by atoms with van der Waals surface area (Å²) in [6.07, 6.45) is 10.8. The van der Waals surface area contributed by atoms with E-state index in [2.05, 4.69) is 22.7 Å². The van der Waals surface area contributed by atoms with Gasteiger partial charge in [0, 0.05) is 18.3 Å². The maximum Gasteiger partial charge on any atom is 0.320 e. The highest BCUT2D eigenvalue weighted by Crippen LogP contribution is 2.32. The molecule has 5 heteroatoms. The Hall–Kier alpha value is -1.52. The fraction of sp³-hybridized carbons (Fsp3) is 0.733. The minimum absolute atomic E-state index is 0.140. The predicted molar refractivity (Wildman–Crippen MR) is 78.7 cm³/mol. The normalized spacial score (nSPS) is 21.4. The highest BCUT2D eigenvalue weighted by molar-refractivity contribution is 5.88. The van der Waals surface area contributed by atoms with Crippen LogP contribution in [0.3, 0.4) is 0 Å². The number of carbonyl (C=O) groups excluding carboxylic acids is 1. The largest absolute Gasteiger partial charge is 0.335 e. The molecule has 0 spiro atoms. The number of nitrogens with zero attached hydrogens (tertiary/aromatic N) is 2. The second kappa shape index (κ2) is 5.85. The van der Waals surface area contributed by atoms with Crippen molar-refractivity contribution in [3.8, 4) is 0 Å². The molecule has 2 aliphatic carbocycles. The van der Waals surface area contributed by atoms with Crippen molar-refractivity contribution >= 4 is 11.8 Å². The maximum absolute atomic E-state index is 11.9. The number of hydrogen-bond acceptors (Lipinski definition) is 2. The first-order chi connectivity index (χ1) is 9.72. The van der Waals surface area contributed by atoms with E-state index in [0.29, 0.717) is 17.8 Å². The number of urea groups is 1. The molecule has 0 radical (unpaired) electrons. The van der Waals surface area contributed by atoms with E-state index in [4.69, 9.17) is 0 Å². The van der Waals surface area contributed by atoms with Crippen LogP contribution in [-0.4, -0.2) is 21.9 Å². The Bertz CT molecular complexity index is 460. The van der Waals surface area contributed by atoms with Crippen molar-refractivity contribution in [3.05, 3.63) is 12.3 Å². The van der Waals surface area contributed by atoms with Gasteiger partial charge in [-0.2, -0.15) is 5.10 Å². The molecule has 0 aromatic carbocycles. The van der Waals surface area contributed by atoms with Crippen LogP contribution in [0, 0.1) is 5.92 Å². The third kappa shape index (κ3) is 3.32. The van der Waals surface area contributed by atoms with Crippen LogP contribution >= 0.6 is 0 Å². The van der Waals surface area contributed by atoms with Gasteiger partial charge in [0.2, 0.25) is 0 Å². The Labute approximate surface area is 120 Å². The van der Waals surface area contributed by atoms with Crippen LogP contribution in [0.2, 0.25) is 0 Å². The third-order valence-corrected chi connectivity index (χ3v) is 4.49. The van der Waals surface area contributed by atoms with Crippen molar-refractivity contribution in [2.75, 3.05) is 5.32 Å². The summed E-state index contributed by atoms with van der Waals surface area (Å²) >= 11 is 0. The number of aromatic nitrogens is 2. The van der Waals surface area contributed by atoms with Gasteiger partial charge in [-0.3, -0.25) is 10.00 Å². The first-order valence-corrected chi connectivity index (χ1v) is 7.85. The van der Waals surface area contributed by atoms with E-state index in [0.717, 1.165) is 0 Å². The summed E-state index contributed by atoms with van der Waals surface area (Å²) in [6, 6.07) is 2.51.